The molecule has 0 atom stereocenters. The Morgan fingerprint density at radius 2 is 1.89 bits per heavy atom. The van der Waals surface area contributed by atoms with E-state index in [4.69, 9.17) is 9.47 Å². The van der Waals surface area contributed by atoms with Gasteiger partial charge in [-0.15, -0.1) is 0 Å². The molecule has 0 bridgehead atoms. The number of amides is 1. The van der Waals surface area contributed by atoms with Crippen LogP contribution in [0.4, 0.5) is 5.69 Å². The summed E-state index contributed by atoms with van der Waals surface area (Å²) in [7, 11) is 4.65. The van der Waals surface area contributed by atoms with Gasteiger partial charge in [-0.1, -0.05) is 11.8 Å². The van der Waals surface area contributed by atoms with Crippen molar-refractivity contribution in [2.24, 2.45) is 21.1 Å². The van der Waals surface area contributed by atoms with Crippen LogP contribution in [-0.2, 0) is 25.9 Å². The summed E-state index contributed by atoms with van der Waals surface area (Å²) in [6.07, 6.45) is 0. The molecule has 0 radical (unpaired) electrons. The zero-order chi connectivity index (χ0) is 20.0. The SMILES string of the molecule is Cn1c(=O)c2c(nc(SCC(=O)Nc3ccc4c(c3)OCO4)n2C)n(C)c1=O. The lowest BCUT2D eigenvalue weighted by Crippen LogP contribution is -2.37. The Kier molecular flexibility index (Phi) is 4.38. The smallest absolute Gasteiger partial charge is 0.332 e. The van der Waals surface area contributed by atoms with Gasteiger partial charge in [0.25, 0.3) is 5.56 Å². The van der Waals surface area contributed by atoms with Crippen LogP contribution in [0.15, 0.2) is 32.9 Å². The highest BCUT2D eigenvalue weighted by Gasteiger charge is 2.18. The molecule has 1 aliphatic rings. The van der Waals surface area contributed by atoms with Gasteiger partial charge in [0.2, 0.25) is 12.7 Å². The van der Waals surface area contributed by atoms with Gasteiger partial charge in [0, 0.05) is 32.9 Å². The lowest BCUT2D eigenvalue weighted by molar-refractivity contribution is -0.113. The first kappa shape index (κ1) is 18.2. The summed E-state index contributed by atoms with van der Waals surface area (Å²) >= 11 is 1.18. The quantitative estimate of drug-likeness (QED) is 0.629. The van der Waals surface area contributed by atoms with Crippen molar-refractivity contribution in [3.63, 3.8) is 0 Å². The van der Waals surface area contributed by atoms with Crippen LogP contribution in [0.5, 0.6) is 11.5 Å². The summed E-state index contributed by atoms with van der Waals surface area (Å²) in [5, 5.41) is 3.25. The first-order chi connectivity index (χ1) is 13.4. The minimum absolute atomic E-state index is 0.0832. The fourth-order valence-corrected chi connectivity index (χ4v) is 3.70. The normalized spacial score (nSPS) is 12.5. The predicted molar refractivity (Wildman–Crippen MR) is 103 cm³/mol. The topological polar surface area (TPSA) is 109 Å². The number of ether oxygens (including phenoxy) is 2. The zero-order valence-electron chi connectivity index (χ0n) is 15.4. The molecule has 1 N–H and O–H groups in total. The average molecular weight is 403 g/mol. The fraction of sp³-hybridized carbons (Fsp3) is 0.294. The van der Waals surface area contributed by atoms with Crippen molar-refractivity contribution >= 4 is 34.5 Å². The molecule has 0 aliphatic carbocycles. The number of benzene rings is 1. The van der Waals surface area contributed by atoms with Crippen molar-refractivity contribution in [1.29, 1.82) is 0 Å². The molecular formula is C17H17N5O5S. The number of imidazole rings is 1. The van der Waals surface area contributed by atoms with E-state index in [-0.39, 0.29) is 24.1 Å². The second-order valence-electron chi connectivity index (χ2n) is 6.24. The maximum absolute atomic E-state index is 12.4. The van der Waals surface area contributed by atoms with E-state index in [2.05, 4.69) is 10.3 Å². The number of hydrogen-bond donors (Lipinski definition) is 1. The molecule has 1 amide bonds. The highest BCUT2D eigenvalue weighted by Crippen LogP contribution is 2.34. The Hall–Kier alpha value is -3.21. The van der Waals surface area contributed by atoms with Crippen LogP contribution in [0.25, 0.3) is 11.2 Å². The number of nitrogens with zero attached hydrogens (tertiary/aromatic N) is 4. The third kappa shape index (κ3) is 2.93. The number of rotatable bonds is 4. The summed E-state index contributed by atoms with van der Waals surface area (Å²) in [5.41, 5.74) is 0.311. The van der Waals surface area contributed by atoms with Crippen molar-refractivity contribution in [1.82, 2.24) is 18.7 Å². The number of thioether (sulfide) groups is 1. The van der Waals surface area contributed by atoms with Crippen LogP contribution in [-0.4, -0.2) is 37.1 Å². The van der Waals surface area contributed by atoms with Crippen LogP contribution in [0.1, 0.15) is 0 Å². The summed E-state index contributed by atoms with van der Waals surface area (Å²) in [6, 6.07) is 5.15. The molecule has 10 nitrogen and oxygen atoms in total. The number of nitrogens with one attached hydrogen (secondary N) is 1. The van der Waals surface area contributed by atoms with E-state index in [1.54, 1.807) is 36.9 Å². The highest BCUT2D eigenvalue weighted by atomic mass is 32.2. The zero-order valence-corrected chi connectivity index (χ0v) is 16.2. The van der Waals surface area contributed by atoms with Crippen LogP contribution in [0.2, 0.25) is 0 Å². The van der Waals surface area contributed by atoms with Crippen molar-refractivity contribution in [2.45, 2.75) is 5.16 Å². The number of carbonyl (C=O) groups excluding carboxylic acids is 1. The molecule has 146 valence electrons. The first-order valence-corrected chi connectivity index (χ1v) is 9.30. The fourth-order valence-electron chi connectivity index (χ4n) is 2.93. The number of fused-ring (bicyclic) bond motifs is 2. The Bertz CT molecular complexity index is 1230. The summed E-state index contributed by atoms with van der Waals surface area (Å²) < 4.78 is 14.5. The molecule has 3 heterocycles. The van der Waals surface area contributed by atoms with Gasteiger partial charge in [-0.05, 0) is 12.1 Å². The Morgan fingerprint density at radius 3 is 2.68 bits per heavy atom. The molecule has 2 aromatic heterocycles. The maximum Gasteiger partial charge on any atom is 0.332 e. The Balaban J connectivity index is 1.53. The third-order valence-electron chi connectivity index (χ3n) is 4.42. The average Bonchev–Trinajstić information content (AvgIpc) is 3.27. The number of carbonyl (C=O) groups is 1. The third-order valence-corrected chi connectivity index (χ3v) is 5.45. The van der Waals surface area contributed by atoms with Crippen LogP contribution >= 0.6 is 11.8 Å². The molecule has 0 unspecified atom stereocenters. The molecule has 0 saturated carbocycles. The molecular weight excluding hydrogens is 386 g/mol. The van der Waals surface area contributed by atoms with Gasteiger partial charge in [-0.25, -0.2) is 9.78 Å². The van der Waals surface area contributed by atoms with E-state index in [0.717, 1.165) is 4.57 Å². The molecule has 4 rings (SSSR count). The largest absolute Gasteiger partial charge is 0.454 e. The lowest BCUT2D eigenvalue weighted by Gasteiger charge is -2.06. The Morgan fingerprint density at radius 1 is 1.14 bits per heavy atom. The van der Waals surface area contributed by atoms with Crippen LogP contribution in [0, 0.1) is 0 Å². The molecule has 28 heavy (non-hydrogen) atoms. The van der Waals surface area contributed by atoms with Gasteiger partial charge in [0.1, 0.15) is 0 Å². The second-order valence-corrected chi connectivity index (χ2v) is 7.18. The number of aryl methyl sites for hydroxylation is 2. The van der Waals surface area contributed by atoms with Gasteiger partial charge >= 0.3 is 5.69 Å². The number of aromatic nitrogens is 4. The lowest BCUT2D eigenvalue weighted by atomic mass is 10.3. The molecule has 0 spiro atoms. The van der Waals surface area contributed by atoms with E-state index in [0.29, 0.717) is 27.9 Å². The van der Waals surface area contributed by atoms with Gasteiger partial charge in [-0.2, -0.15) is 0 Å². The predicted octanol–water partition coefficient (Wildman–Crippen LogP) is 0.430. The van der Waals surface area contributed by atoms with E-state index < -0.39 is 11.2 Å². The minimum atomic E-state index is -0.451. The first-order valence-electron chi connectivity index (χ1n) is 8.31. The maximum atomic E-state index is 12.4. The van der Waals surface area contributed by atoms with Crippen LogP contribution in [0.3, 0.4) is 0 Å². The van der Waals surface area contributed by atoms with Gasteiger partial charge in [0.05, 0.1) is 5.75 Å². The number of hydrogen-bond acceptors (Lipinski definition) is 7. The summed E-state index contributed by atoms with van der Waals surface area (Å²) in [5.74, 6) is 1.06. The summed E-state index contributed by atoms with van der Waals surface area (Å²) in [6.45, 7) is 0.164. The molecule has 1 aromatic carbocycles. The van der Waals surface area contributed by atoms with E-state index >= 15 is 0 Å². The van der Waals surface area contributed by atoms with E-state index in [9.17, 15) is 14.4 Å². The van der Waals surface area contributed by atoms with Crippen molar-refractivity contribution in [3.8, 4) is 11.5 Å². The Labute approximate surface area is 162 Å². The monoisotopic (exact) mass is 403 g/mol. The molecule has 0 fully saturated rings. The van der Waals surface area contributed by atoms with E-state index in [1.165, 1.54) is 23.4 Å². The second kappa shape index (κ2) is 6.75. The van der Waals surface area contributed by atoms with Gasteiger partial charge < -0.3 is 19.4 Å². The molecule has 1 aliphatic heterocycles. The van der Waals surface area contributed by atoms with E-state index in [1.807, 2.05) is 0 Å². The molecule has 3 aromatic rings. The van der Waals surface area contributed by atoms with Crippen molar-refractivity contribution < 1.29 is 14.3 Å². The number of anilines is 1. The van der Waals surface area contributed by atoms with Crippen molar-refractivity contribution in [2.75, 3.05) is 17.9 Å². The molecule has 0 saturated heterocycles. The van der Waals surface area contributed by atoms with Gasteiger partial charge in [0.15, 0.2) is 27.8 Å². The van der Waals surface area contributed by atoms with Crippen LogP contribution < -0.4 is 26.0 Å². The standard InChI is InChI=1S/C17H17N5O5S/c1-20-13-14(21(2)17(25)22(3)15(13)24)19-16(20)28-7-12(23)18-9-4-5-10-11(6-9)27-8-26-10/h4-6H,7-8H2,1-3H3,(H,18,23). The highest BCUT2D eigenvalue weighted by molar-refractivity contribution is 7.99. The van der Waals surface area contributed by atoms with Crippen molar-refractivity contribution in [3.05, 3.63) is 39.0 Å². The van der Waals surface area contributed by atoms with Gasteiger partial charge in [-0.3, -0.25) is 18.7 Å². The summed E-state index contributed by atoms with van der Waals surface area (Å²) in [4.78, 5) is 41.1. The molecule has 11 heteroatoms. The minimum Gasteiger partial charge on any atom is -0.454 e.